The Morgan fingerprint density at radius 3 is 2.26 bits per heavy atom. The number of aromatic nitrogens is 1. The Bertz CT molecular complexity index is 532. The first-order valence-electron chi connectivity index (χ1n) is 5.89. The molecule has 19 heavy (non-hydrogen) atoms. The van der Waals surface area contributed by atoms with Crippen molar-refractivity contribution in [3.8, 4) is 0 Å². The number of hydrogen-bond donors (Lipinski definition) is 0. The molecular weight excluding hydrogens is 321 g/mol. The smallest absolute Gasteiger partial charge is 0.0896 e. The third kappa shape index (κ3) is 3.43. The van der Waals surface area contributed by atoms with Gasteiger partial charge in [-0.3, -0.25) is 0 Å². The van der Waals surface area contributed by atoms with Crippen LogP contribution in [-0.4, -0.2) is 16.7 Å². The Morgan fingerprint density at radius 2 is 1.79 bits per heavy atom. The molecule has 102 valence electrons. The molecule has 0 fully saturated rings. The molecule has 0 unspecified atom stereocenters. The second-order valence-corrected chi connectivity index (χ2v) is 6.87. The second-order valence-electron chi connectivity index (χ2n) is 4.58. The number of nitrogens with zero attached hydrogens (tertiary/aromatic N) is 1. The van der Waals surface area contributed by atoms with Gasteiger partial charge in [0.1, 0.15) is 0 Å². The molecule has 1 heterocycles. The summed E-state index contributed by atoms with van der Waals surface area (Å²) in [6, 6.07) is 7.76. The molecule has 0 aliphatic rings. The van der Waals surface area contributed by atoms with E-state index in [1.165, 1.54) is 4.88 Å². The van der Waals surface area contributed by atoms with E-state index in [1.807, 2.05) is 37.4 Å². The number of benzene rings is 1. The quantitative estimate of drug-likeness (QED) is 0.696. The van der Waals surface area contributed by atoms with Gasteiger partial charge in [-0.05, 0) is 31.0 Å². The predicted molar refractivity (Wildman–Crippen MR) is 85.1 cm³/mol. The maximum absolute atomic E-state index is 6.22. The molecule has 0 bridgehead atoms. The molecular formula is C14H14Cl3NS. The molecule has 1 nitrogen and oxygen atoms in total. The van der Waals surface area contributed by atoms with Crippen LogP contribution in [0.4, 0.5) is 0 Å². The summed E-state index contributed by atoms with van der Waals surface area (Å²) in [5, 5.41) is 1.78. The van der Waals surface area contributed by atoms with E-state index in [0.29, 0.717) is 11.8 Å². The van der Waals surface area contributed by atoms with Crippen LogP contribution >= 0.6 is 46.1 Å². The molecule has 0 spiro atoms. The fourth-order valence-corrected chi connectivity index (χ4v) is 3.86. The van der Waals surface area contributed by atoms with E-state index in [1.54, 1.807) is 11.3 Å². The summed E-state index contributed by atoms with van der Waals surface area (Å²) in [5.41, 5.74) is 0.847. The fraction of sp³-hybridized carbons (Fsp3) is 0.357. The van der Waals surface area contributed by atoms with Crippen molar-refractivity contribution in [2.24, 2.45) is 0 Å². The van der Waals surface area contributed by atoms with Crippen molar-refractivity contribution in [1.29, 1.82) is 0 Å². The zero-order valence-corrected chi connectivity index (χ0v) is 13.6. The van der Waals surface area contributed by atoms with E-state index in [2.05, 4.69) is 4.98 Å². The van der Waals surface area contributed by atoms with Crippen LogP contribution in [0.1, 0.15) is 15.4 Å². The first-order valence-corrected chi connectivity index (χ1v) is 8.15. The maximum Gasteiger partial charge on any atom is 0.0896 e. The van der Waals surface area contributed by atoms with Crippen molar-refractivity contribution in [1.82, 2.24) is 4.98 Å². The lowest BCUT2D eigenvalue weighted by Gasteiger charge is -2.29. The standard InChI is InChI=1S/C14H14Cl3NS/c1-10-18-7-13(19-10)6-14(8-15,9-16)11-2-4-12(17)5-3-11/h2-5,7H,6,8-9H2,1H3. The van der Waals surface area contributed by atoms with Crippen molar-refractivity contribution in [3.05, 3.63) is 50.9 Å². The van der Waals surface area contributed by atoms with Gasteiger partial charge >= 0.3 is 0 Å². The average Bonchev–Trinajstić information content (AvgIpc) is 2.82. The molecule has 0 saturated carbocycles. The van der Waals surface area contributed by atoms with E-state index in [0.717, 1.165) is 22.0 Å². The van der Waals surface area contributed by atoms with Crippen LogP contribution in [0.25, 0.3) is 0 Å². The van der Waals surface area contributed by atoms with Crippen LogP contribution in [-0.2, 0) is 11.8 Å². The number of thiazole rings is 1. The lowest BCUT2D eigenvalue weighted by atomic mass is 9.81. The van der Waals surface area contributed by atoms with Crippen LogP contribution < -0.4 is 0 Å². The molecule has 2 aromatic rings. The predicted octanol–water partition coefficient (Wildman–Crippen LogP) is 5.06. The molecule has 1 aromatic carbocycles. The molecule has 5 heteroatoms. The Kier molecular flexibility index (Phi) is 5.13. The molecule has 0 amide bonds. The first-order chi connectivity index (χ1) is 9.09. The molecule has 0 radical (unpaired) electrons. The summed E-state index contributed by atoms with van der Waals surface area (Å²) < 4.78 is 0. The second kappa shape index (κ2) is 6.45. The van der Waals surface area contributed by atoms with Crippen molar-refractivity contribution in [2.75, 3.05) is 11.8 Å². The van der Waals surface area contributed by atoms with E-state index in [-0.39, 0.29) is 5.41 Å². The largest absolute Gasteiger partial charge is 0.250 e. The van der Waals surface area contributed by atoms with Crippen LogP contribution in [0, 0.1) is 6.92 Å². The fourth-order valence-electron chi connectivity index (χ4n) is 2.01. The van der Waals surface area contributed by atoms with Gasteiger partial charge < -0.3 is 0 Å². The van der Waals surface area contributed by atoms with Crippen LogP contribution in [0.3, 0.4) is 0 Å². The highest BCUT2D eigenvalue weighted by Crippen LogP contribution is 2.33. The number of halogens is 3. The summed E-state index contributed by atoms with van der Waals surface area (Å²) in [6.45, 7) is 2.00. The zero-order valence-electron chi connectivity index (χ0n) is 10.5. The normalized spacial score (nSPS) is 11.8. The van der Waals surface area contributed by atoms with Crippen molar-refractivity contribution < 1.29 is 0 Å². The Balaban J connectivity index is 2.33. The maximum atomic E-state index is 6.22. The van der Waals surface area contributed by atoms with Gasteiger partial charge in [-0.15, -0.1) is 34.5 Å². The molecule has 0 aliphatic heterocycles. The monoisotopic (exact) mass is 333 g/mol. The highest BCUT2D eigenvalue weighted by atomic mass is 35.5. The minimum absolute atomic E-state index is 0.271. The van der Waals surface area contributed by atoms with Gasteiger partial charge in [-0.2, -0.15) is 0 Å². The number of rotatable bonds is 5. The number of hydrogen-bond acceptors (Lipinski definition) is 2. The van der Waals surface area contributed by atoms with Crippen molar-refractivity contribution >= 4 is 46.1 Å². The van der Waals surface area contributed by atoms with Gasteiger partial charge in [0.05, 0.1) is 5.01 Å². The van der Waals surface area contributed by atoms with Gasteiger partial charge in [0.15, 0.2) is 0 Å². The third-order valence-corrected chi connectivity index (χ3v) is 5.34. The van der Waals surface area contributed by atoms with E-state index < -0.39 is 0 Å². The Labute approximate surface area is 132 Å². The van der Waals surface area contributed by atoms with Gasteiger partial charge in [0.25, 0.3) is 0 Å². The summed E-state index contributed by atoms with van der Waals surface area (Å²) in [6.07, 6.45) is 2.71. The molecule has 0 atom stereocenters. The Hall–Kier alpha value is -0.280. The minimum atomic E-state index is -0.271. The minimum Gasteiger partial charge on any atom is -0.250 e. The number of alkyl halides is 2. The van der Waals surface area contributed by atoms with Gasteiger partial charge in [-0.1, -0.05) is 23.7 Å². The first kappa shape index (κ1) is 15.1. The summed E-state index contributed by atoms with van der Waals surface area (Å²) in [5.74, 6) is 0.935. The lowest BCUT2D eigenvalue weighted by molar-refractivity contribution is 0.540. The molecule has 1 aromatic heterocycles. The van der Waals surface area contributed by atoms with E-state index in [9.17, 15) is 0 Å². The topological polar surface area (TPSA) is 12.9 Å². The van der Waals surface area contributed by atoms with Crippen LogP contribution in [0.15, 0.2) is 30.5 Å². The number of aryl methyl sites for hydroxylation is 1. The lowest BCUT2D eigenvalue weighted by Crippen LogP contribution is -2.33. The van der Waals surface area contributed by atoms with Gasteiger partial charge in [0, 0.05) is 33.3 Å². The van der Waals surface area contributed by atoms with Crippen molar-refractivity contribution in [3.63, 3.8) is 0 Å². The summed E-state index contributed by atoms with van der Waals surface area (Å²) >= 11 is 20.1. The van der Waals surface area contributed by atoms with E-state index >= 15 is 0 Å². The summed E-state index contributed by atoms with van der Waals surface area (Å²) in [7, 11) is 0. The Morgan fingerprint density at radius 1 is 1.16 bits per heavy atom. The van der Waals surface area contributed by atoms with Crippen LogP contribution in [0.2, 0.25) is 5.02 Å². The average molecular weight is 335 g/mol. The van der Waals surface area contributed by atoms with E-state index in [4.69, 9.17) is 34.8 Å². The van der Waals surface area contributed by atoms with Gasteiger partial charge in [-0.25, -0.2) is 4.98 Å². The highest BCUT2D eigenvalue weighted by Gasteiger charge is 2.31. The SMILES string of the molecule is Cc1ncc(CC(CCl)(CCl)c2ccc(Cl)cc2)s1. The third-order valence-electron chi connectivity index (χ3n) is 3.15. The van der Waals surface area contributed by atoms with Crippen LogP contribution in [0.5, 0.6) is 0 Å². The summed E-state index contributed by atoms with van der Waals surface area (Å²) in [4.78, 5) is 5.49. The molecule has 2 rings (SSSR count). The molecule has 0 aliphatic carbocycles. The van der Waals surface area contributed by atoms with Gasteiger partial charge in [0.2, 0.25) is 0 Å². The molecule has 0 saturated heterocycles. The molecule has 0 N–H and O–H groups in total. The highest BCUT2D eigenvalue weighted by molar-refractivity contribution is 7.11. The van der Waals surface area contributed by atoms with Crippen molar-refractivity contribution in [2.45, 2.75) is 18.8 Å². The zero-order chi connectivity index (χ0) is 13.9.